The SMILES string of the molecule is CCOC(=O)/C=C/c1cnn(-c2nc(NC3CCCC3)c3ncn([C@@H]4O[C@H](CO[Si](C)(C)C(C)(C)C)[C@@H](CC(C)(C)[Si](C)(C)O)[C@H]4CC(C)(C)[Si](C)(C)O)c3n2)c1. The van der Waals surface area contributed by atoms with Gasteiger partial charge in [-0.15, -0.1) is 0 Å². The van der Waals surface area contributed by atoms with Gasteiger partial charge in [0.25, 0.3) is 5.95 Å². The number of hydrogen-bond donors (Lipinski definition) is 3. The highest BCUT2D eigenvalue weighted by molar-refractivity contribution is 6.74. The van der Waals surface area contributed by atoms with Crippen molar-refractivity contribution in [3.05, 3.63) is 30.4 Å². The van der Waals surface area contributed by atoms with E-state index in [9.17, 15) is 14.4 Å². The average molecular weight is 842 g/mol. The molecule has 0 aromatic carbocycles. The molecule has 0 unspecified atom stereocenters. The van der Waals surface area contributed by atoms with Crippen molar-refractivity contribution in [2.45, 2.75) is 167 Å². The normalized spacial score (nSPS) is 22.0. The number of ether oxygens (including phenoxy) is 2. The largest absolute Gasteiger partial charge is 0.463 e. The predicted molar refractivity (Wildman–Crippen MR) is 235 cm³/mol. The van der Waals surface area contributed by atoms with Crippen molar-refractivity contribution in [3.8, 4) is 5.95 Å². The summed E-state index contributed by atoms with van der Waals surface area (Å²) in [5, 5.41) is 7.61. The maximum absolute atomic E-state index is 12.0. The van der Waals surface area contributed by atoms with Gasteiger partial charge in [0.1, 0.15) is 6.23 Å². The molecule has 57 heavy (non-hydrogen) atoms. The summed E-state index contributed by atoms with van der Waals surface area (Å²) in [7, 11) is -7.45. The van der Waals surface area contributed by atoms with E-state index in [0.717, 1.165) is 32.1 Å². The van der Waals surface area contributed by atoms with Gasteiger partial charge in [-0.1, -0.05) is 61.3 Å². The summed E-state index contributed by atoms with van der Waals surface area (Å²) in [6, 6.07) is 0.268. The fourth-order valence-electron chi connectivity index (χ4n) is 7.47. The summed E-state index contributed by atoms with van der Waals surface area (Å²) in [5.41, 5.74) is 1.97. The topological polar surface area (TPSA) is 159 Å². The van der Waals surface area contributed by atoms with Crippen LogP contribution in [0.3, 0.4) is 0 Å². The fourth-order valence-corrected chi connectivity index (χ4v) is 9.95. The minimum absolute atomic E-state index is 0.0130. The van der Waals surface area contributed by atoms with Crippen LogP contribution < -0.4 is 5.32 Å². The van der Waals surface area contributed by atoms with E-state index in [1.165, 1.54) is 6.08 Å². The zero-order valence-electron chi connectivity index (χ0n) is 37.1. The predicted octanol–water partition coefficient (Wildman–Crippen LogP) is 8.83. The lowest BCUT2D eigenvalue weighted by molar-refractivity contribution is -0.137. The van der Waals surface area contributed by atoms with Crippen LogP contribution in [0.25, 0.3) is 23.2 Å². The van der Waals surface area contributed by atoms with Crippen molar-refractivity contribution in [3.63, 3.8) is 0 Å². The number of aromatic nitrogens is 6. The number of esters is 1. The third-order valence-electron chi connectivity index (χ3n) is 13.8. The quantitative estimate of drug-likeness (QED) is 0.0719. The Balaban J connectivity index is 1.66. The standard InChI is InChI=1S/C41H71N7O6Si3/c1-15-52-33(49)21-20-28-24-43-48(25-28)38-45-35(44-29-18-16-17-19-29)34-36(46-38)47(27-42-34)37-31(23-41(7,8)56(11,12)51)30(22-40(5,6)55(9,10)50)32(54-37)26-53-57(13,14)39(2,3)4/h20-21,24-25,27,29-32,37,50-51H,15-19,22-23,26H2,1-14H3,(H,44,45,46)/b21-20+/t30-,31+,32+,37+/m0/s1. The number of carbonyl (C=O) groups is 1. The second-order valence-electron chi connectivity index (χ2n) is 20.4. The molecule has 1 saturated carbocycles. The molecule has 3 N–H and O–H groups in total. The molecule has 1 aliphatic carbocycles. The van der Waals surface area contributed by atoms with E-state index in [0.29, 0.717) is 48.1 Å². The van der Waals surface area contributed by atoms with E-state index >= 15 is 0 Å². The van der Waals surface area contributed by atoms with Crippen LogP contribution >= 0.6 is 0 Å². The Kier molecular flexibility index (Phi) is 13.3. The Morgan fingerprint density at radius 1 is 0.965 bits per heavy atom. The molecule has 1 aliphatic heterocycles. The highest BCUT2D eigenvalue weighted by atomic mass is 28.4. The Labute approximate surface area is 343 Å². The second kappa shape index (κ2) is 16.7. The number of nitrogens with one attached hydrogen (secondary N) is 1. The number of anilines is 1. The van der Waals surface area contributed by atoms with Crippen LogP contribution in [-0.4, -0.2) is 95.2 Å². The highest BCUT2D eigenvalue weighted by Crippen LogP contribution is 2.56. The fraction of sp³-hybridized carbons (Fsp3) is 0.732. The zero-order chi connectivity index (χ0) is 42.4. The molecule has 4 heterocycles. The van der Waals surface area contributed by atoms with Crippen LogP contribution in [0, 0.1) is 11.8 Å². The molecule has 1 saturated heterocycles. The van der Waals surface area contributed by atoms with Gasteiger partial charge in [-0.25, -0.2) is 14.5 Å². The summed E-state index contributed by atoms with van der Waals surface area (Å²) in [6.45, 7) is 30.7. The van der Waals surface area contributed by atoms with E-state index in [4.69, 9.17) is 28.9 Å². The number of imidazole rings is 1. The van der Waals surface area contributed by atoms with E-state index < -0.39 is 37.1 Å². The lowest BCUT2D eigenvalue weighted by Gasteiger charge is -2.43. The number of rotatable bonds is 16. The molecule has 5 rings (SSSR count). The van der Waals surface area contributed by atoms with Gasteiger partial charge in [-0.2, -0.15) is 15.1 Å². The molecule has 3 aromatic heterocycles. The van der Waals surface area contributed by atoms with E-state index in [2.05, 4.69) is 76.5 Å². The molecule has 13 nitrogen and oxygen atoms in total. The molecule has 4 atom stereocenters. The minimum atomic E-state index is -2.67. The number of fused-ring (bicyclic) bond motifs is 1. The molecule has 0 amide bonds. The van der Waals surface area contributed by atoms with E-state index in [-0.39, 0.29) is 39.1 Å². The first-order valence-corrected chi connectivity index (χ1v) is 29.7. The average Bonchev–Trinajstić information content (AvgIpc) is 3.89. The maximum atomic E-state index is 12.0. The Hall–Kier alpha value is -2.74. The van der Waals surface area contributed by atoms with Crippen molar-refractivity contribution in [2.75, 3.05) is 18.5 Å². The summed E-state index contributed by atoms with van der Waals surface area (Å²) in [4.78, 5) is 50.5. The van der Waals surface area contributed by atoms with Crippen molar-refractivity contribution >= 4 is 54.0 Å². The van der Waals surface area contributed by atoms with Gasteiger partial charge in [-0.05, 0) is 99.0 Å². The Bertz CT molecular complexity index is 1880. The van der Waals surface area contributed by atoms with Crippen LogP contribution in [0.15, 0.2) is 24.8 Å². The van der Waals surface area contributed by atoms with Crippen molar-refractivity contribution in [1.29, 1.82) is 0 Å². The molecular formula is C41H71N7O6Si3. The third-order valence-corrected chi connectivity index (χ3v) is 25.3. The molecule has 0 radical (unpaired) electrons. The van der Waals surface area contributed by atoms with Crippen molar-refractivity contribution in [2.24, 2.45) is 11.8 Å². The lowest BCUT2D eigenvalue weighted by Crippen LogP contribution is -2.46. The number of hydrogen-bond acceptors (Lipinski definition) is 11. The lowest BCUT2D eigenvalue weighted by atomic mass is 9.78. The van der Waals surface area contributed by atoms with Crippen LogP contribution in [0.2, 0.25) is 54.4 Å². The monoisotopic (exact) mass is 841 g/mol. The zero-order valence-corrected chi connectivity index (χ0v) is 40.1. The van der Waals surface area contributed by atoms with Crippen LogP contribution in [0.5, 0.6) is 0 Å². The van der Waals surface area contributed by atoms with Gasteiger partial charge in [0.05, 0.1) is 31.8 Å². The third kappa shape index (κ3) is 10.2. The van der Waals surface area contributed by atoms with Gasteiger partial charge in [0.15, 0.2) is 41.9 Å². The van der Waals surface area contributed by atoms with Gasteiger partial charge in [0, 0.05) is 29.8 Å². The van der Waals surface area contributed by atoms with E-state index in [1.54, 1.807) is 30.1 Å². The van der Waals surface area contributed by atoms with Crippen LogP contribution in [-0.2, 0) is 18.7 Å². The molecule has 2 fully saturated rings. The maximum Gasteiger partial charge on any atom is 0.330 e. The Morgan fingerprint density at radius 2 is 1.58 bits per heavy atom. The molecule has 3 aromatic rings. The summed E-state index contributed by atoms with van der Waals surface area (Å²) in [5.74, 6) is 0.536. The molecule has 0 spiro atoms. The number of carbonyl (C=O) groups excluding carboxylic acids is 1. The van der Waals surface area contributed by atoms with Gasteiger partial charge >= 0.3 is 5.97 Å². The second-order valence-corrected chi connectivity index (χ2v) is 34.1. The van der Waals surface area contributed by atoms with Crippen molar-refractivity contribution in [1.82, 2.24) is 29.3 Å². The summed E-state index contributed by atoms with van der Waals surface area (Å²) >= 11 is 0. The first kappa shape index (κ1) is 45.3. The summed E-state index contributed by atoms with van der Waals surface area (Å²) in [6.07, 6.45) is 13.4. The molecule has 318 valence electrons. The van der Waals surface area contributed by atoms with Gasteiger partial charge in [-0.3, -0.25) is 4.57 Å². The molecular weight excluding hydrogens is 771 g/mol. The van der Waals surface area contributed by atoms with Gasteiger partial charge in [0.2, 0.25) is 0 Å². The van der Waals surface area contributed by atoms with Gasteiger partial charge < -0.3 is 28.8 Å². The Morgan fingerprint density at radius 3 is 2.16 bits per heavy atom. The van der Waals surface area contributed by atoms with Crippen LogP contribution in [0.1, 0.15) is 106 Å². The first-order valence-electron chi connectivity index (χ1n) is 20.9. The van der Waals surface area contributed by atoms with E-state index in [1.807, 2.05) is 32.5 Å². The molecule has 2 aliphatic rings. The highest BCUT2D eigenvalue weighted by Gasteiger charge is 2.54. The minimum Gasteiger partial charge on any atom is -0.463 e. The smallest absolute Gasteiger partial charge is 0.330 e. The summed E-state index contributed by atoms with van der Waals surface area (Å²) < 4.78 is 23.0. The first-order chi connectivity index (χ1) is 26.2. The van der Waals surface area contributed by atoms with Crippen molar-refractivity contribution < 1.29 is 28.3 Å². The number of nitrogens with zero attached hydrogens (tertiary/aromatic N) is 6. The molecule has 16 heteroatoms. The van der Waals surface area contributed by atoms with Crippen LogP contribution in [0.4, 0.5) is 5.82 Å². The molecule has 0 bridgehead atoms.